The Hall–Kier alpha value is -0.140. The maximum Gasteiger partial charge on any atom is 0.147 e. The van der Waals surface area contributed by atoms with E-state index in [0.717, 1.165) is 33.3 Å². The molecule has 1 rings (SSSR count). The predicted molar refractivity (Wildman–Crippen MR) is 87.2 cm³/mol. The van der Waals surface area contributed by atoms with Gasteiger partial charge in [-0.25, -0.2) is 0 Å². The van der Waals surface area contributed by atoms with Crippen molar-refractivity contribution in [1.82, 2.24) is 5.32 Å². The Morgan fingerprint density at radius 3 is 2.50 bits per heavy atom. The van der Waals surface area contributed by atoms with E-state index in [4.69, 9.17) is 14.6 Å². The van der Waals surface area contributed by atoms with Gasteiger partial charge in [0.2, 0.25) is 0 Å². The molecular weight excluding hydrogens is 390 g/mol. The highest BCUT2D eigenvalue weighted by molar-refractivity contribution is 9.11. The summed E-state index contributed by atoms with van der Waals surface area (Å²) in [6.45, 7) is 4.83. The average Bonchev–Trinajstić information content (AvgIpc) is 2.42. The van der Waals surface area contributed by atoms with E-state index in [1.807, 2.05) is 19.1 Å². The first-order chi connectivity index (χ1) is 9.58. The first-order valence-electron chi connectivity index (χ1n) is 6.49. The molecule has 0 aliphatic rings. The van der Waals surface area contributed by atoms with E-state index in [-0.39, 0.29) is 12.5 Å². The molecule has 0 bridgehead atoms. The lowest BCUT2D eigenvalue weighted by atomic mass is 10.2. The number of halogens is 2. The Morgan fingerprint density at radius 1 is 1.30 bits per heavy atom. The summed E-state index contributed by atoms with van der Waals surface area (Å²) in [4.78, 5) is 0. The van der Waals surface area contributed by atoms with Crippen LogP contribution in [0, 0.1) is 5.92 Å². The number of rotatable bonds is 9. The first-order valence-corrected chi connectivity index (χ1v) is 8.08. The molecule has 1 aromatic rings. The van der Waals surface area contributed by atoms with Gasteiger partial charge >= 0.3 is 0 Å². The van der Waals surface area contributed by atoms with Crippen molar-refractivity contribution in [3.63, 3.8) is 0 Å². The maximum absolute atomic E-state index is 9.01. The van der Waals surface area contributed by atoms with Gasteiger partial charge in [-0.3, -0.25) is 0 Å². The van der Waals surface area contributed by atoms with Crippen LogP contribution in [0.3, 0.4) is 0 Å². The number of methoxy groups -OCH3 is 1. The third-order valence-electron chi connectivity index (χ3n) is 2.69. The van der Waals surface area contributed by atoms with Gasteiger partial charge in [-0.15, -0.1) is 0 Å². The van der Waals surface area contributed by atoms with Gasteiger partial charge < -0.3 is 19.9 Å². The Bertz CT molecular complexity index is 392. The van der Waals surface area contributed by atoms with Crippen molar-refractivity contribution in [2.45, 2.75) is 13.5 Å². The maximum atomic E-state index is 9.01. The van der Waals surface area contributed by atoms with Crippen molar-refractivity contribution in [2.75, 3.05) is 33.5 Å². The monoisotopic (exact) mass is 409 g/mol. The van der Waals surface area contributed by atoms with E-state index < -0.39 is 0 Å². The Kier molecular flexibility index (Phi) is 8.72. The predicted octanol–water partition coefficient (Wildman–Crippen LogP) is 2.95. The second kappa shape index (κ2) is 9.73. The van der Waals surface area contributed by atoms with Crippen LogP contribution in [-0.2, 0) is 11.3 Å². The van der Waals surface area contributed by atoms with E-state index in [2.05, 4.69) is 37.2 Å². The fourth-order valence-electron chi connectivity index (χ4n) is 1.54. The molecule has 1 aromatic carbocycles. The molecule has 6 heteroatoms. The molecule has 4 nitrogen and oxygen atoms in total. The highest BCUT2D eigenvalue weighted by Gasteiger charge is 2.10. The minimum Gasteiger partial charge on any atom is -0.491 e. The van der Waals surface area contributed by atoms with Crippen molar-refractivity contribution >= 4 is 31.9 Å². The van der Waals surface area contributed by atoms with E-state index in [0.29, 0.717) is 13.2 Å². The third-order valence-corrected chi connectivity index (χ3v) is 3.87. The van der Waals surface area contributed by atoms with Crippen LogP contribution in [0.5, 0.6) is 5.75 Å². The number of benzene rings is 1. The molecule has 0 amide bonds. The number of aliphatic hydroxyl groups excluding tert-OH is 1. The molecule has 0 aliphatic carbocycles. The quantitative estimate of drug-likeness (QED) is 0.614. The molecular formula is C14H21Br2NO3. The molecule has 0 spiro atoms. The normalized spacial score (nSPS) is 12.4. The SMILES string of the molecule is COCCNCc1cc(Br)c(OCC(C)CO)c(Br)c1. The fraction of sp³-hybridized carbons (Fsp3) is 0.571. The smallest absolute Gasteiger partial charge is 0.147 e. The van der Waals surface area contributed by atoms with Crippen molar-refractivity contribution < 1.29 is 14.6 Å². The lowest BCUT2D eigenvalue weighted by molar-refractivity contribution is 0.173. The molecule has 0 aromatic heterocycles. The van der Waals surface area contributed by atoms with Crippen LogP contribution in [0.15, 0.2) is 21.1 Å². The highest BCUT2D eigenvalue weighted by Crippen LogP contribution is 2.35. The summed E-state index contributed by atoms with van der Waals surface area (Å²) in [7, 11) is 1.69. The number of nitrogens with one attached hydrogen (secondary N) is 1. The third kappa shape index (κ3) is 6.10. The molecule has 0 saturated carbocycles. The molecule has 0 saturated heterocycles. The van der Waals surface area contributed by atoms with Crippen LogP contribution < -0.4 is 10.1 Å². The van der Waals surface area contributed by atoms with Gasteiger partial charge in [-0.1, -0.05) is 6.92 Å². The van der Waals surface area contributed by atoms with E-state index in [9.17, 15) is 0 Å². The summed E-state index contributed by atoms with van der Waals surface area (Å²) in [5.74, 6) is 0.884. The number of hydrogen-bond acceptors (Lipinski definition) is 4. The minimum absolute atomic E-state index is 0.115. The highest BCUT2D eigenvalue weighted by atomic mass is 79.9. The molecule has 0 fully saturated rings. The van der Waals surface area contributed by atoms with E-state index in [1.54, 1.807) is 7.11 Å². The summed E-state index contributed by atoms with van der Waals surface area (Å²) in [5, 5.41) is 12.3. The lowest BCUT2D eigenvalue weighted by Gasteiger charge is -2.15. The van der Waals surface area contributed by atoms with Crippen LogP contribution in [0.25, 0.3) is 0 Å². The zero-order valence-corrected chi connectivity index (χ0v) is 15.0. The summed E-state index contributed by atoms with van der Waals surface area (Å²) >= 11 is 7.05. The van der Waals surface area contributed by atoms with Crippen LogP contribution in [0.1, 0.15) is 12.5 Å². The fourth-order valence-corrected chi connectivity index (χ4v) is 3.05. The number of ether oxygens (including phenoxy) is 2. The van der Waals surface area contributed by atoms with E-state index in [1.165, 1.54) is 0 Å². The van der Waals surface area contributed by atoms with Gasteiger partial charge in [0, 0.05) is 32.7 Å². The molecule has 1 atom stereocenters. The summed E-state index contributed by atoms with van der Waals surface area (Å²) in [6.07, 6.45) is 0. The van der Waals surface area contributed by atoms with Gasteiger partial charge in [0.15, 0.2) is 0 Å². The van der Waals surface area contributed by atoms with Gasteiger partial charge in [0.05, 0.1) is 22.2 Å². The van der Waals surface area contributed by atoms with Crippen molar-refractivity contribution in [3.05, 3.63) is 26.6 Å². The van der Waals surface area contributed by atoms with Gasteiger partial charge in [0.1, 0.15) is 5.75 Å². The largest absolute Gasteiger partial charge is 0.491 e. The van der Waals surface area contributed by atoms with Crippen molar-refractivity contribution in [2.24, 2.45) is 5.92 Å². The molecule has 114 valence electrons. The Balaban J connectivity index is 2.61. The summed E-state index contributed by atoms with van der Waals surface area (Å²) in [6, 6.07) is 4.06. The first kappa shape index (κ1) is 17.9. The molecule has 20 heavy (non-hydrogen) atoms. The molecule has 0 heterocycles. The lowest BCUT2D eigenvalue weighted by Crippen LogP contribution is -2.18. The minimum atomic E-state index is 0.115. The molecule has 1 unspecified atom stereocenters. The van der Waals surface area contributed by atoms with Crippen LogP contribution in [0.2, 0.25) is 0 Å². The number of hydrogen-bond donors (Lipinski definition) is 2. The van der Waals surface area contributed by atoms with Crippen LogP contribution in [0.4, 0.5) is 0 Å². The molecule has 2 N–H and O–H groups in total. The Morgan fingerprint density at radius 2 is 1.95 bits per heavy atom. The summed E-state index contributed by atoms with van der Waals surface area (Å²) < 4.78 is 12.5. The van der Waals surface area contributed by atoms with E-state index >= 15 is 0 Å². The average molecular weight is 411 g/mol. The van der Waals surface area contributed by atoms with Gasteiger partial charge in [-0.05, 0) is 49.6 Å². The second-order valence-corrected chi connectivity index (χ2v) is 6.37. The van der Waals surface area contributed by atoms with Gasteiger partial charge in [-0.2, -0.15) is 0 Å². The molecule has 0 aliphatic heterocycles. The van der Waals surface area contributed by atoms with Crippen LogP contribution >= 0.6 is 31.9 Å². The summed E-state index contributed by atoms with van der Waals surface area (Å²) in [5.41, 5.74) is 1.16. The van der Waals surface area contributed by atoms with Crippen LogP contribution in [-0.4, -0.2) is 38.6 Å². The van der Waals surface area contributed by atoms with Crippen molar-refractivity contribution in [1.29, 1.82) is 0 Å². The topological polar surface area (TPSA) is 50.7 Å². The van der Waals surface area contributed by atoms with Gasteiger partial charge in [0.25, 0.3) is 0 Å². The zero-order valence-electron chi connectivity index (χ0n) is 11.8. The molecule has 0 radical (unpaired) electrons. The zero-order chi connectivity index (χ0) is 15.0. The Labute approximate surface area is 137 Å². The second-order valence-electron chi connectivity index (χ2n) is 4.66. The standard InChI is InChI=1S/C14H21Br2NO3/c1-10(8-18)9-20-14-12(15)5-11(6-13(14)16)7-17-3-4-19-2/h5-6,10,17-18H,3-4,7-9H2,1-2H3. The number of aliphatic hydroxyl groups is 1. The van der Waals surface area contributed by atoms with Crippen molar-refractivity contribution in [3.8, 4) is 5.75 Å².